The largest absolute Gasteiger partial charge is 0.460 e. The van der Waals surface area contributed by atoms with Gasteiger partial charge in [0.2, 0.25) is 0 Å². The molecule has 0 aliphatic carbocycles. The van der Waals surface area contributed by atoms with Crippen LogP contribution in [0.5, 0.6) is 0 Å². The maximum absolute atomic E-state index is 15.1. The number of benzene rings is 1. The van der Waals surface area contributed by atoms with E-state index in [0.717, 1.165) is 29.4 Å². The number of anilines is 1. The van der Waals surface area contributed by atoms with Crippen molar-refractivity contribution < 1.29 is 27.1 Å². The van der Waals surface area contributed by atoms with Crippen LogP contribution in [0.2, 0.25) is 0 Å². The summed E-state index contributed by atoms with van der Waals surface area (Å²) < 4.78 is 63.6. The summed E-state index contributed by atoms with van der Waals surface area (Å²) in [5.74, 6) is -3.85. The monoisotopic (exact) mass is 543 g/mol. The maximum atomic E-state index is 15.1. The molecule has 0 saturated carbocycles. The number of aromatic nitrogens is 2. The summed E-state index contributed by atoms with van der Waals surface area (Å²) in [6.45, 7) is 7.97. The third-order valence-electron chi connectivity index (χ3n) is 6.78. The van der Waals surface area contributed by atoms with E-state index in [1.807, 2.05) is 13.0 Å². The van der Waals surface area contributed by atoms with Crippen molar-refractivity contribution in [3.63, 3.8) is 0 Å². The highest BCUT2D eigenvalue weighted by Gasteiger charge is 2.37. The van der Waals surface area contributed by atoms with Gasteiger partial charge in [0.1, 0.15) is 34.9 Å². The van der Waals surface area contributed by atoms with Crippen molar-refractivity contribution in [3.8, 4) is 11.3 Å². The molecule has 208 valence electrons. The van der Waals surface area contributed by atoms with E-state index in [4.69, 9.17) is 4.74 Å². The zero-order chi connectivity index (χ0) is 28.3. The van der Waals surface area contributed by atoms with Crippen LogP contribution in [0, 0.1) is 29.3 Å². The average molecular weight is 544 g/mol. The van der Waals surface area contributed by atoms with E-state index >= 15 is 4.39 Å². The number of alkyl halides is 1. The number of hydrogen-bond donors (Lipinski definition) is 0. The van der Waals surface area contributed by atoms with Gasteiger partial charge in [-0.15, -0.1) is 0 Å². The van der Waals surface area contributed by atoms with Crippen molar-refractivity contribution in [2.45, 2.75) is 58.7 Å². The lowest BCUT2D eigenvalue weighted by Crippen LogP contribution is -2.48. The number of hydrogen-bond acceptors (Lipinski definition) is 5. The summed E-state index contributed by atoms with van der Waals surface area (Å²) in [6, 6.07) is 7.83. The van der Waals surface area contributed by atoms with Crippen molar-refractivity contribution in [2.75, 3.05) is 18.0 Å². The highest BCUT2D eigenvalue weighted by atomic mass is 19.1. The molecule has 1 aliphatic rings. The molecule has 0 bridgehead atoms. The molecule has 5 nitrogen and oxygen atoms in total. The molecule has 0 radical (unpaired) electrons. The third kappa shape index (κ3) is 6.94. The lowest BCUT2D eigenvalue weighted by atomic mass is 9.85. The Balaban J connectivity index is 1.52. The van der Waals surface area contributed by atoms with Crippen LogP contribution in [0.25, 0.3) is 11.3 Å². The van der Waals surface area contributed by atoms with Gasteiger partial charge in [0.15, 0.2) is 0 Å². The van der Waals surface area contributed by atoms with Crippen molar-refractivity contribution >= 4 is 11.7 Å². The minimum Gasteiger partial charge on any atom is -0.460 e. The number of esters is 1. The van der Waals surface area contributed by atoms with Gasteiger partial charge in [-0.05, 0) is 69.5 Å². The summed E-state index contributed by atoms with van der Waals surface area (Å²) in [5.41, 5.74) is 0.662. The molecule has 1 fully saturated rings. The van der Waals surface area contributed by atoms with Gasteiger partial charge in [-0.25, -0.2) is 22.5 Å². The molecule has 39 heavy (non-hydrogen) atoms. The Hall–Kier alpha value is -3.49. The number of aryl methyl sites for hydroxylation is 2. The van der Waals surface area contributed by atoms with Crippen LogP contribution in [0.3, 0.4) is 0 Å². The molecule has 3 heterocycles. The Morgan fingerprint density at radius 1 is 1.03 bits per heavy atom. The first-order valence-corrected chi connectivity index (χ1v) is 13.1. The minimum absolute atomic E-state index is 0.0193. The quantitative estimate of drug-likeness (QED) is 0.252. The first-order valence-electron chi connectivity index (χ1n) is 13.1. The number of carbonyl (C=O) groups excluding carboxylic acids is 1. The van der Waals surface area contributed by atoms with E-state index in [0.29, 0.717) is 31.6 Å². The minimum atomic E-state index is -1.14. The van der Waals surface area contributed by atoms with Crippen LogP contribution in [-0.4, -0.2) is 40.8 Å². The van der Waals surface area contributed by atoms with Crippen LogP contribution < -0.4 is 4.90 Å². The predicted octanol–water partition coefficient (Wildman–Crippen LogP) is 6.49. The number of nitrogens with zero attached hydrogens (tertiary/aromatic N) is 3. The van der Waals surface area contributed by atoms with E-state index < -0.39 is 46.7 Å². The van der Waals surface area contributed by atoms with Gasteiger partial charge in [0.25, 0.3) is 0 Å². The van der Waals surface area contributed by atoms with Crippen molar-refractivity contribution in [1.29, 1.82) is 0 Å². The molecule has 9 heteroatoms. The highest BCUT2D eigenvalue weighted by Crippen LogP contribution is 2.33. The van der Waals surface area contributed by atoms with Gasteiger partial charge in [-0.3, -0.25) is 9.78 Å². The first kappa shape index (κ1) is 28.5. The molecule has 3 aromatic rings. The van der Waals surface area contributed by atoms with Gasteiger partial charge in [0.05, 0.1) is 12.0 Å². The number of halogens is 4. The number of pyridine rings is 2. The average Bonchev–Trinajstić information content (AvgIpc) is 2.86. The molecule has 1 aliphatic heterocycles. The summed E-state index contributed by atoms with van der Waals surface area (Å²) in [6.07, 6.45) is 3.03. The zero-order valence-corrected chi connectivity index (χ0v) is 22.6. The number of rotatable bonds is 7. The molecule has 2 aromatic heterocycles. The maximum Gasteiger partial charge on any atom is 0.306 e. The molecule has 3 atom stereocenters. The Bertz CT molecular complexity index is 1310. The molecule has 0 unspecified atom stereocenters. The molecule has 0 N–H and O–H groups in total. The van der Waals surface area contributed by atoms with E-state index in [-0.39, 0.29) is 18.0 Å². The molecule has 1 saturated heterocycles. The molecule has 0 spiro atoms. The van der Waals surface area contributed by atoms with Crippen LogP contribution in [0.4, 0.5) is 23.2 Å². The number of carbonyl (C=O) groups is 1. The van der Waals surface area contributed by atoms with Gasteiger partial charge in [-0.1, -0.05) is 13.0 Å². The van der Waals surface area contributed by atoms with Gasteiger partial charge in [-0.2, -0.15) is 0 Å². The standard InChI is InChI=1S/C30H33F4N3O2/c1-18-16-37(17-20(28(18)34)14-26(38)39-30(2,3)4)25-12-13-35-15-19(25)8-9-21-10-11-24(33)29(36-21)27-22(31)6-5-7-23(27)32/h5-7,10-13,15,18,20,28H,8-9,14,16-17H2,1-4H3/t18-,20+,28+/m0/s1. The summed E-state index contributed by atoms with van der Waals surface area (Å²) >= 11 is 0. The fourth-order valence-electron chi connectivity index (χ4n) is 5.05. The molecular formula is C30H33F4N3O2. The molecule has 4 rings (SSSR count). The molecule has 1 aromatic carbocycles. The molecular weight excluding hydrogens is 510 g/mol. The number of piperidine rings is 1. The fourth-order valence-corrected chi connectivity index (χ4v) is 5.05. The first-order chi connectivity index (χ1) is 18.4. The Kier molecular flexibility index (Phi) is 8.57. The summed E-state index contributed by atoms with van der Waals surface area (Å²) in [7, 11) is 0. The second kappa shape index (κ2) is 11.7. The SMILES string of the molecule is C[C@H]1CN(c2ccncc2CCc2ccc(F)c(-c3c(F)cccc3F)n2)C[C@@H](CC(=O)OC(C)(C)C)[C@@H]1F. The number of ether oxygens (including phenoxy) is 1. The van der Waals surface area contributed by atoms with Crippen LogP contribution in [0.1, 0.15) is 45.4 Å². The second-order valence-electron chi connectivity index (χ2n) is 11.1. The Morgan fingerprint density at radius 2 is 1.74 bits per heavy atom. The summed E-state index contributed by atoms with van der Waals surface area (Å²) in [4.78, 5) is 23.0. The zero-order valence-electron chi connectivity index (χ0n) is 22.6. The van der Waals surface area contributed by atoms with Crippen LogP contribution in [0.15, 0.2) is 48.8 Å². The van der Waals surface area contributed by atoms with E-state index in [1.165, 1.54) is 12.1 Å². The van der Waals surface area contributed by atoms with Gasteiger partial charge < -0.3 is 9.64 Å². The smallest absolute Gasteiger partial charge is 0.306 e. The van der Waals surface area contributed by atoms with Gasteiger partial charge >= 0.3 is 5.97 Å². The van der Waals surface area contributed by atoms with E-state index in [9.17, 15) is 18.0 Å². The van der Waals surface area contributed by atoms with Crippen molar-refractivity contribution in [2.24, 2.45) is 11.8 Å². The van der Waals surface area contributed by atoms with E-state index in [1.54, 1.807) is 33.2 Å². The predicted molar refractivity (Wildman–Crippen MR) is 141 cm³/mol. The Morgan fingerprint density at radius 3 is 2.44 bits per heavy atom. The van der Waals surface area contributed by atoms with Crippen molar-refractivity contribution in [1.82, 2.24) is 9.97 Å². The van der Waals surface area contributed by atoms with Crippen LogP contribution in [-0.2, 0) is 22.4 Å². The lowest BCUT2D eigenvalue weighted by Gasteiger charge is -2.41. The fraction of sp³-hybridized carbons (Fsp3) is 0.433. The highest BCUT2D eigenvalue weighted by molar-refractivity contribution is 5.70. The second-order valence-corrected chi connectivity index (χ2v) is 11.1. The molecule has 0 amide bonds. The lowest BCUT2D eigenvalue weighted by molar-refractivity contribution is -0.156. The van der Waals surface area contributed by atoms with Crippen LogP contribution >= 0.6 is 0 Å². The third-order valence-corrected chi connectivity index (χ3v) is 6.78. The summed E-state index contributed by atoms with van der Waals surface area (Å²) in [5, 5.41) is 0. The van der Waals surface area contributed by atoms with Crippen molar-refractivity contribution in [3.05, 3.63) is 77.5 Å². The Labute approximate surface area is 226 Å². The van der Waals surface area contributed by atoms with Gasteiger partial charge in [0, 0.05) is 48.7 Å². The van der Waals surface area contributed by atoms with E-state index in [2.05, 4.69) is 14.9 Å². The normalized spacial score (nSPS) is 19.7. The topological polar surface area (TPSA) is 55.3 Å².